The van der Waals surface area contributed by atoms with Crippen molar-refractivity contribution in [3.63, 3.8) is 0 Å². The number of hydrogen-bond acceptors (Lipinski definition) is 1. The van der Waals surface area contributed by atoms with Gasteiger partial charge in [-0.1, -0.05) is 40.2 Å². The van der Waals surface area contributed by atoms with Crippen LogP contribution in [-0.2, 0) is 0 Å². The van der Waals surface area contributed by atoms with E-state index in [1.54, 1.807) is 0 Å². The van der Waals surface area contributed by atoms with Crippen LogP contribution >= 0.6 is 23.2 Å². The third-order valence-corrected chi connectivity index (χ3v) is 2.21. The summed E-state index contributed by atoms with van der Waals surface area (Å²) >= 11 is 11.1. The van der Waals surface area contributed by atoms with E-state index in [1.807, 2.05) is 0 Å². The Bertz CT molecular complexity index is 461. The van der Waals surface area contributed by atoms with Crippen LogP contribution in [0.1, 0.15) is 5.56 Å². The Morgan fingerprint density at radius 1 is 1.47 bits per heavy atom. The third-order valence-electron chi connectivity index (χ3n) is 1.43. The van der Waals surface area contributed by atoms with Gasteiger partial charge in [0.05, 0.1) is 16.6 Å². The van der Waals surface area contributed by atoms with E-state index in [0.717, 1.165) is 6.07 Å². The highest BCUT2D eigenvalue weighted by Gasteiger charge is 2.05. The van der Waals surface area contributed by atoms with E-state index in [9.17, 15) is 4.39 Å². The molecule has 0 aliphatic carbocycles. The predicted molar refractivity (Wildman–Crippen MR) is 57.3 cm³/mol. The maximum absolute atomic E-state index is 13.0. The second-order valence-electron chi connectivity index (χ2n) is 2.44. The number of rotatable bonds is 1. The van der Waals surface area contributed by atoms with E-state index in [1.165, 1.54) is 6.07 Å². The van der Waals surface area contributed by atoms with Crippen molar-refractivity contribution < 1.29 is 4.39 Å². The Kier molecular flexibility index (Phi) is 4.26. The van der Waals surface area contributed by atoms with Gasteiger partial charge in [-0.2, -0.15) is 0 Å². The topological polar surface area (TPSA) is 48.8 Å². The molecular formula is C9H4Cl2FN3. The van der Waals surface area contributed by atoms with Crippen LogP contribution in [0, 0.1) is 17.7 Å². The summed E-state index contributed by atoms with van der Waals surface area (Å²) < 4.78 is 13.0. The summed E-state index contributed by atoms with van der Waals surface area (Å²) in [5.74, 6) is 4.50. The van der Waals surface area contributed by atoms with Crippen LogP contribution in [0.4, 0.5) is 4.39 Å². The summed E-state index contributed by atoms with van der Waals surface area (Å²) in [7, 11) is 0. The van der Waals surface area contributed by atoms with Crippen LogP contribution in [0.5, 0.6) is 0 Å². The average molecular weight is 244 g/mol. The zero-order valence-electron chi connectivity index (χ0n) is 7.34. The molecule has 0 aliphatic rings. The summed E-state index contributed by atoms with van der Waals surface area (Å²) in [5, 5.41) is 3.18. The molecule has 0 N–H and O–H groups in total. The van der Waals surface area contributed by atoms with Gasteiger partial charge in [0.25, 0.3) is 0 Å². The normalized spacial score (nSPS) is 8.73. The lowest BCUT2D eigenvalue weighted by atomic mass is 10.2. The smallest absolute Gasteiger partial charge is 0.144 e. The van der Waals surface area contributed by atoms with Gasteiger partial charge in [-0.15, -0.1) is 0 Å². The fourth-order valence-corrected chi connectivity index (χ4v) is 1.15. The van der Waals surface area contributed by atoms with Crippen molar-refractivity contribution in [1.29, 1.82) is 0 Å². The molecule has 0 radical (unpaired) electrons. The van der Waals surface area contributed by atoms with Crippen LogP contribution in [0.2, 0.25) is 10.0 Å². The second kappa shape index (κ2) is 5.47. The molecule has 0 spiro atoms. The molecule has 15 heavy (non-hydrogen) atoms. The molecule has 1 aromatic carbocycles. The minimum Gasteiger partial charge on any atom is -0.205 e. The van der Waals surface area contributed by atoms with Gasteiger partial charge in [-0.05, 0) is 17.7 Å². The van der Waals surface area contributed by atoms with E-state index in [4.69, 9.17) is 28.7 Å². The zero-order valence-corrected chi connectivity index (χ0v) is 8.85. The number of hydrogen-bond donors (Lipinski definition) is 0. The van der Waals surface area contributed by atoms with E-state index < -0.39 is 5.82 Å². The number of benzene rings is 1. The lowest BCUT2D eigenvalue weighted by molar-refractivity contribution is 0.628. The highest BCUT2D eigenvalue weighted by molar-refractivity contribution is 6.42. The monoisotopic (exact) mass is 243 g/mol. The summed E-state index contributed by atoms with van der Waals surface area (Å²) in [6, 6.07) is 2.60. The molecular weight excluding hydrogens is 240 g/mol. The second-order valence-corrected chi connectivity index (χ2v) is 3.23. The standard InChI is InChI=1S/C9H4Cl2FN3/c10-7-4-6(2-1-3-14-15-13)5-8(12)9(7)11/h4-5H,3H2. The number of halogens is 3. The first-order valence-electron chi connectivity index (χ1n) is 3.79. The molecule has 0 aromatic heterocycles. The molecule has 0 unspecified atom stereocenters. The quantitative estimate of drug-likeness (QED) is 0.237. The van der Waals surface area contributed by atoms with Crippen molar-refractivity contribution in [2.75, 3.05) is 6.54 Å². The molecule has 6 heteroatoms. The molecule has 76 valence electrons. The minimum absolute atomic E-state index is 0.0262. The Morgan fingerprint density at radius 3 is 2.80 bits per heavy atom. The van der Waals surface area contributed by atoms with Gasteiger partial charge in [0.1, 0.15) is 5.82 Å². The van der Waals surface area contributed by atoms with Crippen molar-refractivity contribution in [2.24, 2.45) is 5.11 Å². The van der Waals surface area contributed by atoms with Crippen LogP contribution in [0.3, 0.4) is 0 Å². The van der Waals surface area contributed by atoms with Crippen LogP contribution in [-0.4, -0.2) is 6.54 Å². The van der Waals surface area contributed by atoms with Gasteiger partial charge >= 0.3 is 0 Å². The molecule has 0 aliphatic heterocycles. The molecule has 0 saturated heterocycles. The SMILES string of the molecule is [N-]=[N+]=NCC#Cc1cc(F)c(Cl)c(Cl)c1. The first-order chi connectivity index (χ1) is 7.15. The summed E-state index contributed by atoms with van der Waals surface area (Å²) in [5.41, 5.74) is 8.36. The average Bonchev–Trinajstić information content (AvgIpc) is 2.21. The highest BCUT2D eigenvalue weighted by Crippen LogP contribution is 2.25. The maximum atomic E-state index is 13.0. The van der Waals surface area contributed by atoms with Gasteiger partial charge in [0, 0.05) is 10.5 Å². The van der Waals surface area contributed by atoms with Crippen LogP contribution in [0.15, 0.2) is 17.2 Å². The van der Waals surface area contributed by atoms with Crippen LogP contribution in [0.25, 0.3) is 10.4 Å². The molecule has 0 heterocycles. The molecule has 0 saturated carbocycles. The van der Waals surface area contributed by atoms with Crippen molar-refractivity contribution in [1.82, 2.24) is 0 Å². The molecule has 0 fully saturated rings. The Balaban J connectivity index is 2.95. The van der Waals surface area contributed by atoms with Gasteiger partial charge in [0.15, 0.2) is 0 Å². The molecule has 1 aromatic rings. The Hall–Kier alpha value is -1.40. The fraction of sp³-hybridized carbons (Fsp3) is 0.111. The van der Waals surface area contributed by atoms with E-state index in [2.05, 4.69) is 21.9 Å². The first-order valence-corrected chi connectivity index (χ1v) is 4.55. The highest BCUT2D eigenvalue weighted by atomic mass is 35.5. The maximum Gasteiger partial charge on any atom is 0.144 e. The number of nitrogens with zero attached hydrogens (tertiary/aromatic N) is 3. The van der Waals surface area contributed by atoms with Gasteiger partial charge < -0.3 is 0 Å². The largest absolute Gasteiger partial charge is 0.205 e. The molecule has 0 bridgehead atoms. The van der Waals surface area contributed by atoms with Crippen molar-refractivity contribution in [3.8, 4) is 11.8 Å². The van der Waals surface area contributed by atoms with Gasteiger partial charge in [-0.3, -0.25) is 0 Å². The Morgan fingerprint density at radius 2 is 2.20 bits per heavy atom. The molecule has 0 amide bonds. The first kappa shape index (κ1) is 11.7. The van der Waals surface area contributed by atoms with E-state index in [0.29, 0.717) is 5.56 Å². The minimum atomic E-state index is -0.628. The number of azide groups is 1. The van der Waals surface area contributed by atoms with E-state index >= 15 is 0 Å². The van der Waals surface area contributed by atoms with Gasteiger partial charge in [0.2, 0.25) is 0 Å². The molecule has 1 rings (SSSR count). The zero-order chi connectivity index (χ0) is 11.3. The van der Waals surface area contributed by atoms with Crippen molar-refractivity contribution in [3.05, 3.63) is 44.0 Å². The lowest BCUT2D eigenvalue weighted by Gasteiger charge is -1.97. The van der Waals surface area contributed by atoms with Crippen LogP contribution < -0.4 is 0 Å². The third kappa shape index (κ3) is 3.34. The van der Waals surface area contributed by atoms with Crippen molar-refractivity contribution >= 4 is 23.2 Å². The Labute approximate surface area is 95.4 Å². The summed E-state index contributed by atoms with van der Waals surface area (Å²) in [6.45, 7) is 0.0262. The summed E-state index contributed by atoms with van der Waals surface area (Å²) in [4.78, 5) is 2.52. The molecule has 0 atom stereocenters. The fourth-order valence-electron chi connectivity index (χ4n) is 0.836. The van der Waals surface area contributed by atoms with Crippen molar-refractivity contribution in [2.45, 2.75) is 0 Å². The predicted octanol–water partition coefficient (Wildman–Crippen LogP) is 3.79. The molecule has 3 nitrogen and oxygen atoms in total. The lowest BCUT2D eigenvalue weighted by Crippen LogP contribution is -1.82. The van der Waals surface area contributed by atoms with E-state index in [-0.39, 0.29) is 16.6 Å². The summed E-state index contributed by atoms with van der Waals surface area (Å²) in [6.07, 6.45) is 0. The van der Waals surface area contributed by atoms with Gasteiger partial charge in [-0.25, -0.2) is 4.39 Å².